The van der Waals surface area contributed by atoms with Gasteiger partial charge in [-0.3, -0.25) is 0 Å². The van der Waals surface area contributed by atoms with Gasteiger partial charge in [-0.2, -0.15) is 0 Å². The molecule has 0 bridgehead atoms. The lowest BCUT2D eigenvalue weighted by Gasteiger charge is -2.18. The van der Waals surface area contributed by atoms with Gasteiger partial charge in [-0.1, -0.05) is 29.8 Å². The standard InChI is InChI=1S/C17H15ClN4/c1-22(15-5-3-2-4-6-15)17-11-16(19-12-20-17)21-14-9-7-13(18)8-10-14/h2-12H,1H3,(H,19,20,21). The Bertz CT molecular complexity index is 744. The summed E-state index contributed by atoms with van der Waals surface area (Å²) in [5.74, 6) is 1.55. The molecule has 110 valence electrons. The van der Waals surface area contributed by atoms with Gasteiger partial charge >= 0.3 is 0 Å². The van der Waals surface area contributed by atoms with Crippen molar-refractivity contribution in [1.29, 1.82) is 0 Å². The first kappa shape index (κ1) is 14.4. The van der Waals surface area contributed by atoms with Gasteiger partial charge in [-0.05, 0) is 36.4 Å². The van der Waals surface area contributed by atoms with Crippen molar-refractivity contribution in [2.24, 2.45) is 0 Å². The average molecular weight is 311 g/mol. The zero-order valence-electron chi connectivity index (χ0n) is 12.1. The van der Waals surface area contributed by atoms with Crippen molar-refractivity contribution in [3.8, 4) is 0 Å². The number of halogens is 1. The Morgan fingerprint density at radius 2 is 1.68 bits per heavy atom. The summed E-state index contributed by atoms with van der Waals surface area (Å²) in [6.45, 7) is 0. The Balaban J connectivity index is 1.82. The third-order valence-electron chi connectivity index (χ3n) is 3.26. The topological polar surface area (TPSA) is 41.0 Å². The lowest BCUT2D eigenvalue weighted by Crippen LogP contribution is -2.11. The maximum absolute atomic E-state index is 5.89. The van der Waals surface area contributed by atoms with E-state index in [1.165, 1.54) is 0 Å². The SMILES string of the molecule is CN(c1ccccc1)c1cc(Nc2ccc(Cl)cc2)ncn1. The maximum Gasteiger partial charge on any atom is 0.138 e. The molecular weight excluding hydrogens is 296 g/mol. The Morgan fingerprint density at radius 3 is 2.41 bits per heavy atom. The summed E-state index contributed by atoms with van der Waals surface area (Å²) in [6, 6.07) is 19.5. The number of anilines is 4. The fourth-order valence-electron chi connectivity index (χ4n) is 2.06. The second kappa shape index (κ2) is 6.45. The van der Waals surface area contributed by atoms with Crippen LogP contribution in [0.4, 0.5) is 23.0 Å². The first-order valence-corrected chi connectivity index (χ1v) is 7.23. The van der Waals surface area contributed by atoms with Crippen LogP contribution < -0.4 is 10.2 Å². The predicted octanol–water partition coefficient (Wildman–Crippen LogP) is 4.64. The monoisotopic (exact) mass is 310 g/mol. The van der Waals surface area contributed by atoms with Crippen LogP contribution in [0.1, 0.15) is 0 Å². The van der Waals surface area contributed by atoms with Crippen molar-refractivity contribution in [3.05, 3.63) is 72.0 Å². The smallest absolute Gasteiger partial charge is 0.138 e. The number of benzene rings is 2. The van der Waals surface area contributed by atoms with Gasteiger partial charge in [0.15, 0.2) is 0 Å². The Labute approximate surface area is 134 Å². The van der Waals surface area contributed by atoms with Crippen molar-refractivity contribution in [3.63, 3.8) is 0 Å². The van der Waals surface area contributed by atoms with Gasteiger partial charge in [0.25, 0.3) is 0 Å². The molecule has 0 aliphatic heterocycles. The van der Waals surface area contributed by atoms with E-state index < -0.39 is 0 Å². The lowest BCUT2D eigenvalue weighted by molar-refractivity contribution is 1.08. The van der Waals surface area contributed by atoms with Crippen LogP contribution >= 0.6 is 11.6 Å². The van der Waals surface area contributed by atoms with Crippen molar-refractivity contribution < 1.29 is 0 Å². The van der Waals surface area contributed by atoms with E-state index in [1.54, 1.807) is 6.33 Å². The Hall–Kier alpha value is -2.59. The number of rotatable bonds is 4. The van der Waals surface area contributed by atoms with Crippen LogP contribution in [0, 0.1) is 0 Å². The van der Waals surface area contributed by atoms with Gasteiger partial charge in [-0.15, -0.1) is 0 Å². The summed E-state index contributed by atoms with van der Waals surface area (Å²) in [7, 11) is 1.98. The molecule has 0 amide bonds. The summed E-state index contributed by atoms with van der Waals surface area (Å²) in [5, 5.41) is 3.95. The molecule has 0 aliphatic carbocycles. The fourth-order valence-corrected chi connectivity index (χ4v) is 2.19. The highest BCUT2D eigenvalue weighted by molar-refractivity contribution is 6.30. The minimum atomic E-state index is 0.706. The second-order valence-electron chi connectivity index (χ2n) is 4.79. The molecule has 1 heterocycles. The number of para-hydroxylation sites is 1. The van der Waals surface area contributed by atoms with Crippen LogP contribution in [0.5, 0.6) is 0 Å². The lowest BCUT2D eigenvalue weighted by atomic mass is 10.3. The third-order valence-corrected chi connectivity index (χ3v) is 3.51. The van der Waals surface area contributed by atoms with E-state index in [0.717, 1.165) is 23.0 Å². The molecule has 3 rings (SSSR count). The summed E-state index contributed by atoms with van der Waals surface area (Å²) >= 11 is 5.89. The van der Waals surface area contributed by atoms with Crippen LogP contribution in [0.2, 0.25) is 5.02 Å². The number of hydrogen-bond acceptors (Lipinski definition) is 4. The van der Waals surface area contributed by atoms with E-state index in [9.17, 15) is 0 Å². The average Bonchev–Trinajstić information content (AvgIpc) is 2.57. The maximum atomic E-state index is 5.89. The zero-order valence-corrected chi connectivity index (χ0v) is 12.8. The number of nitrogens with one attached hydrogen (secondary N) is 1. The normalized spacial score (nSPS) is 10.3. The third kappa shape index (κ3) is 3.35. The minimum absolute atomic E-state index is 0.706. The first-order chi connectivity index (χ1) is 10.7. The van der Waals surface area contributed by atoms with Crippen molar-refractivity contribution in [2.75, 3.05) is 17.3 Å². The molecule has 2 aromatic carbocycles. The van der Waals surface area contributed by atoms with Gasteiger partial charge in [0.2, 0.25) is 0 Å². The van der Waals surface area contributed by atoms with E-state index in [2.05, 4.69) is 15.3 Å². The largest absolute Gasteiger partial charge is 0.340 e. The van der Waals surface area contributed by atoms with Gasteiger partial charge in [0, 0.05) is 29.5 Å². The molecule has 0 spiro atoms. The molecule has 0 unspecified atom stereocenters. The van der Waals surface area contributed by atoms with Crippen molar-refractivity contribution in [2.45, 2.75) is 0 Å². The van der Waals surface area contributed by atoms with E-state index in [4.69, 9.17) is 11.6 Å². The molecule has 0 radical (unpaired) electrons. The van der Waals surface area contributed by atoms with Gasteiger partial charge < -0.3 is 10.2 Å². The molecule has 3 aromatic rings. The van der Waals surface area contributed by atoms with Crippen LogP contribution in [0.3, 0.4) is 0 Å². The molecule has 4 nitrogen and oxygen atoms in total. The molecule has 0 saturated carbocycles. The highest BCUT2D eigenvalue weighted by Crippen LogP contribution is 2.24. The zero-order chi connectivity index (χ0) is 15.4. The summed E-state index contributed by atoms with van der Waals surface area (Å²) in [4.78, 5) is 10.6. The number of nitrogens with zero attached hydrogens (tertiary/aromatic N) is 3. The van der Waals surface area contributed by atoms with Crippen LogP contribution in [0.25, 0.3) is 0 Å². The highest BCUT2D eigenvalue weighted by Gasteiger charge is 2.06. The van der Waals surface area contributed by atoms with Crippen LogP contribution in [-0.2, 0) is 0 Å². The molecular formula is C17H15ClN4. The van der Waals surface area contributed by atoms with E-state index in [-0.39, 0.29) is 0 Å². The molecule has 5 heteroatoms. The summed E-state index contributed by atoms with van der Waals surface area (Å²) in [6.07, 6.45) is 1.55. The first-order valence-electron chi connectivity index (χ1n) is 6.86. The molecule has 1 N–H and O–H groups in total. The van der Waals surface area contributed by atoms with Gasteiger partial charge in [-0.25, -0.2) is 9.97 Å². The molecule has 0 atom stereocenters. The Kier molecular flexibility index (Phi) is 4.21. The quantitative estimate of drug-likeness (QED) is 0.762. The molecule has 22 heavy (non-hydrogen) atoms. The highest BCUT2D eigenvalue weighted by atomic mass is 35.5. The Morgan fingerprint density at radius 1 is 0.955 bits per heavy atom. The van der Waals surface area contributed by atoms with Crippen molar-refractivity contribution >= 4 is 34.6 Å². The summed E-state index contributed by atoms with van der Waals surface area (Å²) < 4.78 is 0. The predicted molar refractivity (Wildman–Crippen MR) is 91.3 cm³/mol. The number of aromatic nitrogens is 2. The van der Waals surface area contributed by atoms with Gasteiger partial charge in [0.1, 0.15) is 18.0 Å². The van der Waals surface area contributed by atoms with Crippen LogP contribution in [0.15, 0.2) is 67.0 Å². The van der Waals surface area contributed by atoms with E-state index in [1.807, 2.05) is 72.6 Å². The molecule has 0 fully saturated rings. The number of hydrogen-bond donors (Lipinski definition) is 1. The fraction of sp³-hybridized carbons (Fsp3) is 0.0588. The van der Waals surface area contributed by atoms with Crippen LogP contribution in [-0.4, -0.2) is 17.0 Å². The van der Waals surface area contributed by atoms with E-state index in [0.29, 0.717) is 5.02 Å². The van der Waals surface area contributed by atoms with E-state index >= 15 is 0 Å². The minimum Gasteiger partial charge on any atom is -0.340 e. The second-order valence-corrected chi connectivity index (χ2v) is 5.22. The van der Waals surface area contributed by atoms with Crippen molar-refractivity contribution in [1.82, 2.24) is 9.97 Å². The molecule has 0 aliphatic rings. The summed E-state index contributed by atoms with van der Waals surface area (Å²) in [5.41, 5.74) is 2.00. The molecule has 1 aromatic heterocycles. The molecule has 0 saturated heterocycles. The van der Waals surface area contributed by atoms with Gasteiger partial charge in [0.05, 0.1) is 0 Å².